The van der Waals surface area contributed by atoms with Crippen LogP contribution in [-0.2, 0) is 4.79 Å². The van der Waals surface area contributed by atoms with Crippen molar-refractivity contribution in [2.24, 2.45) is 5.92 Å². The Morgan fingerprint density at radius 3 is 3.05 bits per heavy atom. The number of aliphatic hydroxyl groups is 1. The van der Waals surface area contributed by atoms with E-state index in [1.54, 1.807) is 23.1 Å². The lowest BCUT2D eigenvalue weighted by Crippen LogP contribution is -2.46. The molecular formula is C14H17N3O2. The summed E-state index contributed by atoms with van der Waals surface area (Å²) < 4.78 is 0. The smallest absolute Gasteiger partial charge is 0.246 e. The van der Waals surface area contributed by atoms with E-state index < -0.39 is 6.04 Å². The van der Waals surface area contributed by atoms with Gasteiger partial charge in [-0.1, -0.05) is 13.0 Å². The zero-order valence-electron chi connectivity index (χ0n) is 10.8. The van der Waals surface area contributed by atoms with Gasteiger partial charge in [-0.15, -0.1) is 0 Å². The Labute approximate surface area is 112 Å². The van der Waals surface area contributed by atoms with Crippen molar-refractivity contribution in [2.75, 3.05) is 24.6 Å². The monoisotopic (exact) mass is 259 g/mol. The molecule has 2 unspecified atom stereocenters. The van der Waals surface area contributed by atoms with Crippen molar-refractivity contribution in [3.63, 3.8) is 0 Å². The molecule has 1 aliphatic rings. The predicted octanol–water partition coefficient (Wildman–Crippen LogP) is 0.491. The molecule has 1 fully saturated rings. The van der Waals surface area contributed by atoms with Gasteiger partial charge in [-0.25, -0.2) is 0 Å². The fourth-order valence-electron chi connectivity index (χ4n) is 2.20. The quantitative estimate of drug-likeness (QED) is 0.810. The minimum Gasteiger partial charge on any atom is -0.394 e. The number of carbonyl (C=O) groups is 1. The van der Waals surface area contributed by atoms with Gasteiger partial charge < -0.3 is 15.3 Å². The minimum atomic E-state index is -0.573. The number of hydrogen-bond donors (Lipinski definition) is 2. The third-order valence-electron chi connectivity index (χ3n) is 3.24. The van der Waals surface area contributed by atoms with Crippen molar-refractivity contribution in [1.82, 2.24) is 5.32 Å². The SMILES string of the molecule is CC1CNC(CO)C(=O)N(c2cccc(C#N)c2)C1. The third-order valence-corrected chi connectivity index (χ3v) is 3.24. The predicted molar refractivity (Wildman–Crippen MR) is 71.6 cm³/mol. The molecule has 0 saturated carbocycles. The second-order valence-electron chi connectivity index (χ2n) is 4.86. The first kappa shape index (κ1) is 13.5. The second-order valence-corrected chi connectivity index (χ2v) is 4.86. The molecule has 5 nitrogen and oxygen atoms in total. The van der Waals surface area contributed by atoms with E-state index >= 15 is 0 Å². The van der Waals surface area contributed by atoms with E-state index in [2.05, 4.69) is 11.4 Å². The molecule has 0 radical (unpaired) electrons. The Morgan fingerprint density at radius 2 is 2.37 bits per heavy atom. The molecule has 5 heteroatoms. The minimum absolute atomic E-state index is 0.151. The summed E-state index contributed by atoms with van der Waals surface area (Å²) in [5.74, 6) is 0.133. The van der Waals surface area contributed by atoms with Crippen LogP contribution in [0.25, 0.3) is 0 Å². The maximum Gasteiger partial charge on any atom is 0.246 e. The van der Waals surface area contributed by atoms with Gasteiger partial charge in [0.2, 0.25) is 5.91 Å². The number of amides is 1. The number of carbonyl (C=O) groups excluding carboxylic acids is 1. The number of rotatable bonds is 2. The first-order valence-electron chi connectivity index (χ1n) is 6.31. The standard InChI is InChI=1S/C14H17N3O2/c1-10-7-16-13(9-18)14(19)17(8-10)12-4-2-3-11(5-12)6-15/h2-5,10,13,16,18H,7-9H2,1H3. The van der Waals surface area contributed by atoms with Crippen LogP contribution in [0, 0.1) is 17.2 Å². The summed E-state index contributed by atoms with van der Waals surface area (Å²) in [4.78, 5) is 14.0. The molecule has 2 atom stereocenters. The molecule has 1 aromatic carbocycles. The first-order chi connectivity index (χ1) is 9.15. The summed E-state index contributed by atoms with van der Waals surface area (Å²) in [7, 11) is 0. The number of nitrogens with zero attached hydrogens (tertiary/aromatic N) is 2. The van der Waals surface area contributed by atoms with E-state index in [1.165, 1.54) is 0 Å². The van der Waals surface area contributed by atoms with Crippen LogP contribution in [0.3, 0.4) is 0 Å². The molecule has 1 heterocycles. The molecule has 0 bridgehead atoms. The van der Waals surface area contributed by atoms with Crippen LogP contribution < -0.4 is 10.2 Å². The molecule has 2 N–H and O–H groups in total. The van der Waals surface area contributed by atoms with E-state index in [-0.39, 0.29) is 18.4 Å². The van der Waals surface area contributed by atoms with Crippen LogP contribution in [0.4, 0.5) is 5.69 Å². The summed E-state index contributed by atoms with van der Waals surface area (Å²) in [6.07, 6.45) is 0. The van der Waals surface area contributed by atoms with Gasteiger partial charge in [0.1, 0.15) is 6.04 Å². The average molecular weight is 259 g/mol. The Balaban J connectivity index is 2.33. The molecule has 0 aromatic heterocycles. The van der Waals surface area contributed by atoms with Gasteiger partial charge in [0, 0.05) is 18.8 Å². The van der Waals surface area contributed by atoms with Gasteiger partial charge in [-0.3, -0.25) is 4.79 Å². The normalized spacial score (nSPS) is 23.8. The summed E-state index contributed by atoms with van der Waals surface area (Å²) in [6.45, 7) is 3.09. The van der Waals surface area contributed by atoms with E-state index in [0.717, 1.165) is 0 Å². The molecule has 19 heavy (non-hydrogen) atoms. The number of hydrogen-bond acceptors (Lipinski definition) is 4. The summed E-state index contributed by atoms with van der Waals surface area (Å²) >= 11 is 0. The first-order valence-corrected chi connectivity index (χ1v) is 6.31. The lowest BCUT2D eigenvalue weighted by atomic mass is 10.1. The topological polar surface area (TPSA) is 76.4 Å². The number of nitriles is 1. The maximum atomic E-state index is 12.3. The Hall–Kier alpha value is -1.90. The number of benzene rings is 1. The van der Waals surface area contributed by atoms with Crippen LogP contribution in [0.1, 0.15) is 12.5 Å². The van der Waals surface area contributed by atoms with Crippen molar-refractivity contribution in [1.29, 1.82) is 5.26 Å². The van der Waals surface area contributed by atoms with E-state index in [9.17, 15) is 9.90 Å². The van der Waals surface area contributed by atoms with Crippen LogP contribution in [0.15, 0.2) is 24.3 Å². The molecule has 1 amide bonds. The van der Waals surface area contributed by atoms with Crippen LogP contribution in [0.5, 0.6) is 0 Å². The number of aliphatic hydroxyl groups excluding tert-OH is 1. The molecule has 1 saturated heterocycles. The van der Waals surface area contributed by atoms with Gasteiger partial charge in [0.15, 0.2) is 0 Å². The van der Waals surface area contributed by atoms with Crippen LogP contribution in [0.2, 0.25) is 0 Å². The van der Waals surface area contributed by atoms with Crippen molar-refractivity contribution in [3.05, 3.63) is 29.8 Å². The van der Waals surface area contributed by atoms with Crippen molar-refractivity contribution < 1.29 is 9.90 Å². The van der Waals surface area contributed by atoms with Crippen LogP contribution in [-0.4, -0.2) is 36.8 Å². The van der Waals surface area contributed by atoms with E-state index in [1.807, 2.05) is 13.0 Å². The average Bonchev–Trinajstić information content (AvgIpc) is 2.58. The van der Waals surface area contributed by atoms with Gasteiger partial charge in [-0.2, -0.15) is 5.26 Å². The zero-order chi connectivity index (χ0) is 13.8. The molecule has 0 spiro atoms. The molecular weight excluding hydrogens is 242 g/mol. The maximum absolute atomic E-state index is 12.3. The highest BCUT2D eigenvalue weighted by Crippen LogP contribution is 2.20. The van der Waals surface area contributed by atoms with Crippen LogP contribution >= 0.6 is 0 Å². The summed E-state index contributed by atoms with van der Waals surface area (Å²) in [5.41, 5.74) is 1.23. The van der Waals surface area contributed by atoms with Crippen molar-refractivity contribution in [2.45, 2.75) is 13.0 Å². The fourth-order valence-corrected chi connectivity index (χ4v) is 2.20. The largest absolute Gasteiger partial charge is 0.394 e. The molecule has 2 rings (SSSR count). The lowest BCUT2D eigenvalue weighted by molar-refractivity contribution is -0.121. The summed E-state index contributed by atoms with van der Waals surface area (Å²) in [6, 6.07) is 8.47. The Kier molecular flexibility index (Phi) is 4.15. The molecule has 100 valence electrons. The van der Waals surface area contributed by atoms with Crippen molar-refractivity contribution >= 4 is 11.6 Å². The van der Waals surface area contributed by atoms with Gasteiger partial charge in [0.25, 0.3) is 0 Å². The highest BCUT2D eigenvalue weighted by molar-refractivity contribution is 5.97. The molecule has 1 aromatic rings. The van der Waals surface area contributed by atoms with Crippen molar-refractivity contribution in [3.8, 4) is 6.07 Å². The fraction of sp³-hybridized carbons (Fsp3) is 0.429. The third kappa shape index (κ3) is 2.92. The highest BCUT2D eigenvalue weighted by Gasteiger charge is 2.29. The number of nitrogens with one attached hydrogen (secondary N) is 1. The molecule has 0 aliphatic carbocycles. The Bertz CT molecular complexity index is 510. The number of anilines is 1. The molecule has 1 aliphatic heterocycles. The van der Waals surface area contributed by atoms with Gasteiger partial charge in [-0.05, 0) is 24.1 Å². The second kappa shape index (κ2) is 5.83. The van der Waals surface area contributed by atoms with E-state index in [4.69, 9.17) is 5.26 Å². The van der Waals surface area contributed by atoms with Gasteiger partial charge >= 0.3 is 0 Å². The van der Waals surface area contributed by atoms with Gasteiger partial charge in [0.05, 0.1) is 18.2 Å². The zero-order valence-corrected chi connectivity index (χ0v) is 10.8. The highest BCUT2D eigenvalue weighted by atomic mass is 16.3. The Morgan fingerprint density at radius 1 is 1.58 bits per heavy atom. The summed E-state index contributed by atoms with van der Waals surface area (Å²) in [5, 5.41) is 21.3. The van der Waals surface area contributed by atoms with E-state index in [0.29, 0.717) is 24.3 Å². The lowest BCUT2D eigenvalue weighted by Gasteiger charge is -2.24.